The van der Waals surface area contributed by atoms with E-state index in [2.05, 4.69) is 5.32 Å². The van der Waals surface area contributed by atoms with Gasteiger partial charge in [0.25, 0.3) is 9.84 Å². The minimum Gasteiger partial charge on any atom is -0.366 e. The second-order valence-corrected chi connectivity index (χ2v) is 6.63. The standard InChI is InChI=1S/C12H15F3N2O2S/c1-9-8-16-6-7-17(9)10-2-4-11(5-3-10)20(18,19)12(13,14)15/h2-5,9,16H,6-8H2,1H3/t9-/m1/s1. The summed E-state index contributed by atoms with van der Waals surface area (Å²) in [6, 6.07) is 5.05. The van der Waals surface area contributed by atoms with Gasteiger partial charge in [0.2, 0.25) is 0 Å². The zero-order valence-electron chi connectivity index (χ0n) is 10.8. The summed E-state index contributed by atoms with van der Waals surface area (Å²) in [6.45, 7) is 4.29. The van der Waals surface area contributed by atoms with Crippen molar-refractivity contribution in [1.29, 1.82) is 0 Å². The van der Waals surface area contributed by atoms with Gasteiger partial charge in [0, 0.05) is 31.4 Å². The van der Waals surface area contributed by atoms with Crippen LogP contribution in [0.15, 0.2) is 29.2 Å². The van der Waals surface area contributed by atoms with Crippen LogP contribution < -0.4 is 10.2 Å². The second kappa shape index (κ2) is 5.25. The maximum atomic E-state index is 12.4. The van der Waals surface area contributed by atoms with Crippen LogP contribution in [0, 0.1) is 0 Å². The molecule has 1 saturated heterocycles. The topological polar surface area (TPSA) is 49.4 Å². The Balaban J connectivity index is 2.27. The van der Waals surface area contributed by atoms with Crippen molar-refractivity contribution >= 4 is 15.5 Å². The van der Waals surface area contributed by atoms with E-state index in [4.69, 9.17) is 0 Å². The molecule has 20 heavy (non-hydrogen) atoms. The van der Waals surface area contributed by atoms with Gasteiger partial charge in [0.05, 0.1) is 4.90 Å². The van der Waals surface area contributed by atoms with Crippen LogP contribution in [-0.2, 0) is 9.84 Å². The number of alkyl halides is 3. The van der Waals surface area contributed by atoms with E-state index in [1.165, 1.54) is 12.1 Å². The molecule has 0 spiro atoms. The number of hydrogen-bond donors (Lipinski definition) is 1. The number of sulfone groups is 1. The number of nitrogens with one attached hydrogen (secondary N) is 1. The van der Waals surface area contributed by atoms with Gasteiger partial charge in [0.15, 0.2) is 0 Å². The fourth-order valence-corrected chi connectivity index (χ4v) is 2.94. The van der Waals surface area contributed by atoms with E-state index in [1.54, 1.807) is 0 Å². The van der Waals surface area contributed by atoms with Crippen molar-refractivity contribution in [2.24, 2.45) is 0 Å². The van der Waals surface area contributed by atoms with Crippen LogP contribution in [0.5, 0.6) is 0 Å². The lowest BCUT2D eigenvalue weighted by Crippen LogP contribution is -2.49. The molecule has 8 heteroatoms. The lowest BCUT2D eigenvalue weighted by Gasteiger charge is -2.36. The van der Waals surface area contributed by atoms with Gasteiger partial charge in [-0.1, -0.05) is 0 Å². The first-order valence-electron chi connectivity index (χ1n) is 6.12. The Hall–Kier alpha value is -1.28. The number of anilines is 1. The van der Waals surface area contributed by atoms with Gasteiger partial charge in [-0.15, -0.1) is 0 Å². The molecule has 1 N–H and O–H groups in total. The normalized spacial score (nSPS) is 21.0. The Bertz CT molecular complexity index is 569. The SMILES string of the molecule is C[C@@H]1CNCCN1c1ccc(S(=O)(=O)C(F)(F)F)cc1. The largest absolute Gasteiger partial charge is 0.501 e. The van der Waals surface area contributed by atoms with Crippen molar-refractivity contribution in [1.82, 2.24) is 5.32 Å². The Labute approximate surface area is 115 Å². The molecule has 0 amide bonds. The maximum absolute atomic E-state index is 12.4. The average molecular weight is 308 g/mol. The summed E-state index contributed by atoms with van der Waals surface area (Å²) in [6.07, 6.45) is 0. The molecule has 0 aromatic heterocycles. The minimum absolute atomic E-state index is 0.203. The van der Waals surface area contributed by atoms with Gasteiger partial charge in [0.1, 0.15) is 0 Å². The highest BCUT2D eigenvalue weighted by Crippen LogP contribution is 2.31. The third-order valence-corrected chi connectivity index (χ3v) is 4.79. The highest BCUT2D eigenvalue weighted by atomic mass is 32.2. The van der Waals surface area contributed by atoms with Crippen molar-refractivity contribution in [2.45, 2.75) is 23.4 Å². The van der Waals surface area contributed by atoms with Crippen LogP contribution in [0.2, 0.25) is 0 Å². The second-order valence-electron chi connectivity index (χ2n) is 4.69. The first-order valence-corrected chi connectivity index (χ1v) is 7.60. The molecule has 0 saturated carbocycles. The summed E-state index contributed by atoms with van der Waals surface area (Å²) in [7, 11) is -5.27. The molecule has 2 rings (SSSR count). The van der Waals surface area contributed by atoms with Crippen molar-refractivity contribution < 1.29 is 21.6 Å². The monoisotopic (exact) mass is 308 g/mol. The van der Waals surface area contributed by atoms with Gasteiger partial charge in [-0.05, 0) is 31.2 Å². The van der Waals surface area contributed by atoms with Gasteiger partial charge in [-0.3, -0.25) is 0 Å². The number of hydrogen-bond acceptors (Lipinski definition) is 4. The van der Waals surface area contributed by atoms with Gasteiger partial charge in [-0.2, -0.15) is 13.2 Å². The summed E-state index contributed by atoms with van der Waals surface area (Å²) < 4.78 is 59.8. The zero-order valence-corrected chi connectivity index (χ0v) is 11.6. The van der Waals surface area contributed by atoms with Crippen LogP contribution in [0.1, 0.15) is 6.92 Å². The molecular formula is C12H15F3N2O2S. The molecule has 1 aromatic rings. The Morgan fingerprint density at radius 2 is 1.85 bits per heavy atom. The van der Waals surface area contributed by atoms with E-state index < -0.39 is 20.2 Å². The molecule has 1 fully saturated rings. The van der Waals surface area contributed by atoms with E-state index in [0.717, 1.165) is 37.5 Å². The molecule has 0 unspecified atom stereocenters. The summed E-state index contributed by atoms with van der Waals surface area (Å²) in [5.74, 6) is 0. The Morgan fingerprint density at radius 1 is 1.25 bits per heavy atom. The van der Waals surface area contributed by atoms with Crippen LogP contribution in [0.25, 0.3) is 0 Å². The quantitative estimate of drug-likeness (QED) is 0.905. The fourth-order valence-electron chi connectivity index (χ4n) is 2.18. The Morgan fingerprint density at radius 3 is 2.35 bits per heavy atom. The molecule has 112 valence electrons. The van der Waals surface area contributed by atoms with Crippen molar-refractivity contribution in [3.05, 3.63) is 24.3 Å². The summed E-state index contributed by atoms with van der Waals surface area (Å²) in [4.78, 5) is 1.30. The minimum atomic E-state index is -5.27. The lowest BCUT2D eigenvalue weighted by molar-refractivity contribution is -0.0436. The molecule has 0 radical (unpaired) electrons. The molecule has 4 nitrogen and oxygen atoms in total. The Kier molecular flexibility index (Phi) is 3.97. The van der Waals surface area contributed by atoms with Gasteiger partial charge < -0.3 is 10.2 Å². The molecule has 1 aliphatic heterocycles. The molecule has 1 atom stereocenters. The van der Waals surface area contributed by atoms with Crippen LogP contribution in [-0.4, -0.2) is 39.6 Å². The van der Waals surface area contributed by atoms with Crippen LogP contribution in [0.4, 0.5) is 18.9 Å². The van der Waals surface area contributed by atoms with Crippen molar-refractivity contribution in [3.8, 4) is 0 Å². The molecule has 1 aliphatic rings. The van der Waals surface area contributed by atoms with Crippen LogP contribution >= 0.6 is 0 Å². The van der Waals surface area contributed by atoms with Gasteiger partial charge in [-0.25, -0.2) is 8.42 Å². The highest BCUT2D eigenvalue weighted by Gasteiger charge is 2.46. The summed E-state index contributed by atoms with van der Waals surface area (Å²) in [5, 5.41) is 3.20. The predicted molar refractivity (Wildman–Crippen MR) is 69.4 cm³/mol. The van der Waals surface area contributed by atoms with Crippen LogP contribution in [0.3, 0.4) is 0 Å². The number of piperazine rings is 1. The molecule has 0 aliphatic carbocycles. The number of halogens is 3. The molecular weight excluding hydrogens is 293 g/mol. The number of nitrogens with zero attached hydrogens (tertiary/aromatic N) is 1. The van der Waals surface area contributed by atoms with Gasteiger partial charge >= 0.3 is 5.51 Å². The zero-order chi connectivity index (χ0) is 15.0. The van der Waals surface area contributed by atoms with Crippen molar-refractivity contribution in [2.75, 3.05) is 24.5 Å². The average Bonchev–Trinajstić information content (AvgIpc) is 2.38. The number of rotatable bonds is 2. The first kappa shape index (κ1) is 15.1. The first-order chi connectivity index (χ1) is 9.23. The maximum Gasteiger partial charge on any atom is 0.501 e. The smallest absolute Gasteiger partial charge is 0.366 e. The van der Waals surface area contributed by atoms with E-state index in [0.29, 0.717) is 0 Å². The lowest BCUT2D eigenvalue weighted by atomic mass is 10.2. The molecule has 0 bridgehead atoms. The molecule has 1 aromatic carbocycles. The number of benzene rings is 1. The molecule has 1 heterocycles. The predicted octanol–water partition coefficient (Wildman–Crippen LogP) is 1.78. The third kappa shape index (κ3) is 2.76. The summed E-state index contributed by atoms with van der Waals surface area (Å²) in [5.41, 5.74) is -4.54. The van der Waals surface area contributed by atoms with E-state index in [-0.39, 0.29) is 6.04 Å². The van der Waals surface area contributed by atoms with E-state index >= 15 is 0 Å². The van der Waals surface area contributed by atoms with E-state index in [1.807, 2.05) is 11.8 Å². The summed E-state index contributed by atoms with van der Waals surface area (Å²) >= 11 is 0. The fraction of sp³-hybridized carbons (Fsp3) is 0.500. The van der Waals surface area contributed by atoms with E-state index in [9.17, 15) is 21.6 Å². The highest BCUT2D eigenvalue weighted by molar-refractivity contribution is 7.92. The third-order valence-electron chi connectivity index (χ3n) is 3.28. The van der Waals surface area contributed by atoms with Crippen molar-refractivity contribution in [3.63, 3.8) is 0 Å².